The topological polar surface area (TPSA) is 95.3 Å². The van der Waals surface area contributed by atoms with Crippen molar-refractivity contribution in [1.29, 1.82) is 0 Å². The molecule has 2 aromatic heterocycles. The van der Waals surface area contributed by atoms with Crippen molar-refractivity contribution < 1.29 is 12.8 Å². The molecule has 170 valence electrons. The van der Waals surface area contributed by atoms with Crippen molar-refractivity contribution in [3.05, 3.63) is 71.9 Å². The molecule has 1 aliphatic heterocycles. The molecular weight excluding hydrogens is 438 g/mol. The summed E-state index contributed by atoms with van der Waals surface area (Å²) in [7, 11) is -3.63. The first-order valence-corrected chi connectivity index (χ1v) is 12.3. The number of aryl methyl sites for hydroxylation is 1. The van der Waals surface area contributed by atoms with Gasteiger partial charge in [0.25, 0.3) is 5.89 Å². The van der Waals surface area contributed by atoms with Gasteiger partial charge in [-0.2, -0.15) is 4.31 Å². The SMILES string of the molecule is Cc1cccc(N2CCN(S(=O)(=O)c3c[nH]c(-c4nnc(-c5ccccc5)o4)c3)CC2)c1C. The number of aromatic nitrogens is 3. The van der Waals surface area contributed by atoms with Crippen LogP contribution in [0.3, 0.4) is 0 Å². The van der Waals surface area contributed by atoms with Crippen LogP contribution < -0.4 is 4.90 Å². The highest BCUT2D eigenvalue weighted by molar-refractivity contribution is 7.89. The van der Waals surface area contributed by atoms with E-state index in [9.17, 15) is 8.42 Å². The van der Waals surface area contributed by atoms with Gasteiger partial charge in [0.2, 0.25) is 15.9 Å². The van der Waals surface area contributed by atoms with E-state index in [1.165, 1.54) is 27.3 Å². The van der Waals surface area contributed by atoms with E-state index >= 15 is 0 Å². The molecule has 1 saturated heterocycles. The number of H-pyrrole nitrogens is 1. The summed E-state index contributed by atoms with van der Waals surface area (Å²) in [4.78, 5) is 5.41. The number of nitrogens with zero attached hydrogens (tertiary/aromatic N) is 4. The third-order valence-corrected chi connectivity index (χ3v) is 8.00. The van der Waals surface area contributed by atoms with Crippen LogP contribution >= 0.6 is 0 Å². The number of rotatable bonds is 5. The monoisotopic (exact) mass is 463 g/mol. The molecule has 1 N–H and O–H groups in total. The van der Waals surface area contributed by atoms with Crippen LogP contribution in [-0.4, -0.2) is 54.1 Å². The zero-order valence-corrected chi connectivity index (χ0v) is 19.3. The summed E-state index contributed by atoms with van der Waals surface area (Å²) in [5.74, 6) is 0.627. The summed E-state index contributed by atoms with van der Waals surface area (Å²) >= 11 is 0. The van der Waals surface area contributed by atoms with E-state index in [1.54, 1.807) is 6.07 Å². The molecule has 2 aromatic carbocycles. The molecule has 1 fully saturated rings. The van der Waals surface area contributed by atoms with Crippen molar-refractivity contribution in [1.82, 2.24) is 19.5 Å². The number of hydrogen-bond donors (Lipinski definition) is 1. The van der Waals surface area contributed by atoms with Crippen molar-refractivity contribution in [2.24, 2.45) is 0 Å². The highest BCUT2D eigenvalue weighted by atomic mass is 32.2. The van der Waals surface area contributed by atoms with Crippen LogP contribution in [0.2, 0.25) is 0 Å². The maximum atomic E-state index is 13.2. The Morgan fingerprint density at radius 1 is 0.909 bits per heavy atom. The number of anilines is 1. The molecule has 0 aliphatic carbocycles. The number of benzene rings is 2. The van der Waals surface area contributed by atoms with Gasteiger partial charge in [-0.1, -0.05) is 30.3 Å². The highest BCUT2D eigenvalue weighted by Crippen LogP contribution is 2.28. The number of hydrogen-bond acceptors (Lipinski definition) is 6. The summed E-state index contributed by atoms with van der Waals surface area (Å²) in [6.45, 7) is 6.34. The molecule has 33 heavy (non-hydrogen) atoms. The number of piperazine rings is 1. The van der Waals surface area contributed by atoms with Gasteiger partial charge in [0, 0.05) is 43.6 Å². The van der Waals surface area contributed by atoms with Gasteiger partial charge in [0.1, 0.15) is 10.6 Å². The van der Waals surface area contributed by atoms with Crippen molar-refractivity contribution >= 4 is 15.7 Å². The van der Waals surface area contributed by atoms with Gasteiger partial charge in [-0.05, 0) is 49.2 Å². The zero-order chi connectivity index (χ0) is 23.0. The van der Waals surface area contributed by atoms with E-state index in [-0.39, 0.29) is 10.8 Å². The van der Waals surface area contributed by atoms with E-state index in [4.69, 9.17) is 4.42 Å². The van der Waals surface area contributed by atoms with Gasteiger partial charge < -0.3 is 14.3 Å². The van der Waals surface area contributed by atoms with Crippen LogP contribution in [0, 0.1) is 13.8 Å². The molecule has 0 unspecified atom stereocenters. The largest absolute Gasteiger partial charge is 0.415 e. The Hall–Kier alpha value is -3.43. The molecule has 4 aromatic rings. The molecule has 0 spiro atoms. The smallest absolute Gasteiger partial charge is 0.264 e. The molecule has 0 bridgehead atoms. The molecule has 8 nitrogen and oxygen atoms in total. The van der Waals surface area contributed by atoms with Gasteiger partial charge in [-0.3, -0.25) is 0 Å². The van der Waals surface area contributed by atoms with Crippen LogP contribution in [0.4, 0.5) is 5.69 Å². The molecule has 9 heteroatoms. The Bertz CT molecular complexity index is 1370. The van der Waals surface area contributed by atoms with E-state index < -0.39 is 10.0 Å². The van der Waals surface area contributed by atoms with Crippen LogP contribution in [-0.2, 0) is 10.0 Å². The Morgan fingerprint density at radius 3 is 2.39 bits per heavy atom. The lowest BCUT2D eigenvalue weighted by molar-refractivity contribution is 0.385. The van der Waals surface area contributed by atoms with Gasteiger partial charge in [0.15, 0.2) is 0 Å². The first-order chi connectivity index (χ1) is 15.9. The molecule has 0 saturated carbocycles. The number of nitrogens with one attached hydrogen (secondary N) is 1. The second-order valence-electron chi connectivity index (χ2n) is 8.14. The lowest BCUT2D eigenvalue weighted by Crippen LogP contribution is -2.48. The molecule has 1 aliphatic rings. The van der Waals surface area contributed by atoms with Crippen LogP contribution in [0.1, 0.15) is 11.1 Å². The van der Waals surface area contributed by atoms with Gasteiger partial charge in [-0.25, -0.2) is 8.42 Å². The first kappa shape index (κ1) is 21.4. The second-order valence-corrected chi connectivity index (χ2v) is 10.1. The minimum Gasteiger partial charge on any atom is -0.415 e. The zero-order valence-electron chi connectivity index (χ0n) is 18.5. The van der Waals surface area contributed by atoms with E-state index in [0.29, 0.717) is 37.8 Å². The molecule has 5 rings (SSSR count). The predicted molar refractivity (Wildman–Crippen MR) is 126 cm³/mol. The number of sulfonamides is 1. The molecule has 0 atom stereocenters. The summed E-state index contributed by atoms with van der Waals surface area (Å²) in [5, 5.41) is 8.14. The van der Waals surface area contributed by atoms with Crippen LogP contribution in [0.5, 0.6) is 0 Å². The van der Waals surface area contributed by atoms with Gasteiger partial charge >= 0.3 is 0 Å². The predicted octanol–water partition coefficient (Wildman–Crippen LogP) is 3.86. The third-order valence-electron chi connectivity index (χ3n) is 6.13. The summed E-state index contributed by atoms with van der Waals surface area (Å²) in [5.41, 5.74) is 4.91. The fraction of sp³-hybridized carbons (Fsp3) is 0.250. The molecule has 3 heterocycles. The minimum atomic E-state index is -3.63. The van der Waals surface area contributed by atoms with Crippen molar-refractivity contribution in [2.45, 2.75) is 18.7 Å². The highest BCUT2D eigenvalue weighted by Gasteiger charge is 2.30. The molecule has 0 amide bonds. The summed E-state index contributed by atoms with van der Waals surface area (Å²) in [6, 6.07) is 17.2. The Labute approximate surface area is 192 Å². The van der Waals surface area contributed by atoms with E-state index in [1.807, 2.05) is 36.4 Å². The molecule has 0 radical (unpaired) electrons. The normalized spacial score (nSPS) is 15.2. The summed E-state index contributed by atoms with van der Waals surface area (Å²) < 4.78 is 33.8. The quantitative estimate of drug-likeness (QED) is 0.483. The first-order valence-electron chi connectivity index (χ1n) is 10.8. The van der Waals surface area contributed by atoms with Gasteiger partial charge in [-0.15, -0.1) is 10.2 Å². The lowest BCUT2D eigenvalue weighted by atomic mass is 10.1. The van der Waals surface area contributed by atoms with Crippen molar-refractivity contribution in [3.63, 3.8) is 0 Å². The third kappa shape index (κ3) is 4.05. The Kier molecular flexibility index (Phi) is 5.51. The maximum Gasteiger partial charge on any atom is 0.264 e. The van der Waals surface area contributed by atoms with E-state index in [2.05, 4.69) is 46.1 Å². The second kappa shape index (κ2) is 8.49. The fourth-order valence-electron chi connectivity index (χ4n) is 4.07. The van der Waals surface area contributed by atoms with Crippen LogP contribution in [0.15, 0.2) is 70.1 Å². The summed E-state index contributed by atoms with van der Waals surface area (Å²) in [6.07, 6.45) is 1.48. The Morgan fingerprint density at radius 2 is 1.64 bits per heavy atom. The van der Waals surface area contributed by atoms with Crippen molar-refractivity contribution in [2.75, 3.05) is 31.1 Å². The average molecular weight is 464 g/mol. The molecular formula is C24H25N5O3S. The van der Waals surface area contributed by atoms with Crippen molar-refractivity contribution in [3.8, 4) is 23.0 Å². The Balaban J connectivity index is 1.31. The van der Waals surface area contributed by atoms with Gasteiger partial charge in [0.05, 0.1) is 0 Å². The fourth-order valence-corrected chi connectivity index (χ4v) is 5.49. The lowest BCUT2D eigenvalue weighted by Gasteiger charge is -2.36. The maximum absolute atomic E-state index is 13.2. The average Bonchev–Trinajstić information content (AvgIpc) is 3.52. The van der Waals surface area contributed by atoms with E-state index in [0.717, 1.165) is 5.56 Å². The number of aromatic amines is 1. The standard InChI is InChI=1S/C24H25N5O3S/c1-17-7-6-10-22(18(17)2)28-11-13-29(14-12-28)33(30,31)20-15-21(25-16-20)24-27-26-23(32-24)19-8-4-3-5-9-19/h3-10,15-16,25H,11-14H2,1-2H3. The van der Waals surface area contributed by atoms with Crippen LogP contribution in [0.25, 0.3) is 23.0 Å². The minimum absolute atomic E-state index is 0.192.